The molecule has 0 saturated carbocycles. The molecule has 0 aliphatic carbocycles. The standard InChI is InChI=1S/C12H15N3O2/c1-2-12(11(16)8-14-15-13)17-9-10-6-4-3-5-7-10/h2-7,11-12,16H,1,8-9H2/t11-,12+/m1/s1. The zero-order valence-electron chi connectivity index (χ0n) is 9.44. The van der Waals surface area contributed by atoms with Crippen molar-refractivity contribution in [2.24, 2.45) is 5.11 Å². The van der Waals surface area contributed by atoms with Gasteiger partial charge in [0.05, 0.1) is 19.3 Å². The number of rotatable bonds is 7. The molecule has 5 heteroatoms. The quantitative estimate of drug-likeness (QED) is 0.340. The summed E-state index contributed by atoms with van der Waals surface area (Å²) in [6, 6.07) is 9.61. The number of aliphatic hydroxyl groups excluding tert-OH is 1. The molecule has 1 aromatic rings. The number of ether oxygens (including phenoxy) is 1. The molecule has 2 atom stereocenters. The van der Waals surface area contributed by atoms with Crippen molar-refractivity contribution >= 4 is 0 Å². The van der Waals surface area contributed by atoms with Crippen LogP contribution < -0.4 is 0 Å². The van der Waals surface area contributed by atoms with Gasteiger partial charge in [-0.1, -0.05) is 41.5 Å². The Bertz CT molecular complexity index is 388. The number of azide groups is 1. The SMILES string of the molecule is C=C[C@H](OCc1ccccc1)[C@H](O)CN=[N+]=[N-]. The third-order valence-corrected chi connectivity index (χ3v) is 2.23. The van der Waals surface area contributed by atoms with E-state index in [9.17, 15) is 5.11 Å². The molecule has 17 heavy (non-hydrogen) atoms. The van der Waals surface area contributed by atoms with Crippen molar-refractivity contribution < 1.29 is 9.84 Å². The Morgan fingerprint density at radius 3 is 2.76 bits per heavy atom. The Labute approximate surface area is 100.0 Å². The van der Waals surface area contributed by atoms with Gasteiger partial charge in [-0.05, 0) is 11.1 Å². The number of hydrogen-bond donors (Lipinski definition) is 1. The van der Waals surface area contributed by atoms with Gasteiger partial charge in [-0.3, -0.25) is 0 Å². The van der Waals surface area contributed by atoms with Crippen molar-refractivity contribution in [1.29, 1.82) is 0 Å². The summed E-state index contributed by atoms with van der Waals surface area (Å²) in [5, 5.41) is 13.0. The molecule has 0 heterocycles. The van der Waals surface area contributed by atoms with Gasteiger partial charge >= 0.3 is 0 Å². The lowest BCUT2D eigenvalue weighted by Crippen LogP contribution is -2.29. The lowest BCUT2D eigenvalue weighted by Gasteiger charge is -2.18. The van der Waals surface area contributed by atoms with Gasteiger partial charge in [0.1, 0.15) is 6.10 Å². The number of aliphatic hydroxyl groups is 1. The van der Waals surface area contributed by atoms with Crippen molar-refractivity contribution in [3.8, 4) is 0 Å². The van der Waals surface area contributed by atoms with E-state index in [0.717, 1.165) is 5.56 Å². The molecule has 0 amide bonds. The van der Waals surface area contributed by atoms with Crippen LogP contribution in [0.15, 0.2) is 48.1 Å². The Morgan fingerprint density at radius 1 is 1.47 bits per heavy atom. The summed E-state index contributed by atoms with van der Waals surface area (Å²) in [5.74, 6) is 0. The Balaban J connectivity index is 2.47. The van der Waals surface area contributed by atoms with E-state index in [2.05, 4.69) is 16.6 Å². The molecule has 0 spiro atoms. The second-order valence-corrected chi connectivity index (χ2v) is 3.48. The summed E-state index contributed by atoms with van der Waals surface area (Å²) >= 11 is 0. The van der Waals surface area contributed by atoms with E-state index in [1.807, 2.05) is 30.3 Å². The highest BCUT2D eigenvalue weighted by Gasteiger charge is 2.15. The third kappa shape index (κ3) is 4.70. The Hall–Kier alpha value is -1.81. The predicted octanol–water partition coefficient (Wildman–Crippen LogP) is 2.43. The van der Waals surface area contributed by atoms with Crippen molar-refractivity contribution in [2.45, 2.75) is 18.8 Å². The normalized spacial score (nSPS) is 13.5. The second kappa shape index (κ2) is 7.46. The monoisotopic (exact) mass is 233 g/mol. The van der Waals surface area contributed by atoms with E-state index in [0.29, 0.717) is 6.61 Å². The van der Waals surface area contributed by atoms with Crippen LogP contribution in [0.4, 0.5) is 0 Å². The maximum Gasteiger partial charge on any atom is 0.102 e. The highest BCUT2D eigenvalue weighted by atomic mass is 16.5. The van der Waals surface area contributed by atoms with Gasteiger partial charge in [0.15, 0.2) is 0 Å². The average Bonchev–Trinajstić information content (AvgIpc) is 2.38. The first-order chi connectivity index (χ1) is 8.27. The largest absolute Gasteiger partial charge is 0.390 e. The van der Waals surface area contributed by atoms with E-state index in [-0.39, 0.29) is 6.54 Å². The molecule has 0 unspecified atom stereocenters. The minimum absolute atomic E-state index is 0.0258. The molecule has 1 rings (SSSR count). The molecule has 0 aliphatic rings. The van der Waals surface area contributed by atoms with E-state index in [1.165, 1.54) is 6.08 Å². The Morgan fingerprint density at radius 2 is 2.18 bits per heavy atom. The molecule has 0 radical (unpaired) electrons. The fourth-order valence-corrected chi connectivity index (χ4v) is 1.33. The fraction of sp³-hybridized carbons (Fsp3) is 0.333. The summed E-state index contributed by atoms with van der Waals surface area (Å²) < 4.78 is 5.48. The highest BCUT2D eigenvalue weighted by Crippen LogP contribution is 2.07. The zero-order chi connectivity index (χ0) is 12.5. The Kier molecular flexibility index (Phi) is 5.82. The topological polar surface area (TPSA) is 78.2 Å². The van der Waals surface area contributed by atoms with Crippen LogP contribution >= 0.6 is 0 Å². The fourth-order valence-electron chi connectivity index (χ4n) is 1.33. The van der Waals surface area contributed by atoms with Crippen LogP contribution in [-0.4, -0.2) is 23.9 Å². The van der Waals surface area contributed by atoms with Crippen LogP contribution in [0, 0.1) is 0 Å². The smallest absolute Gasteiger partial charge is 0.102 e. The zero-order valence-corrected chi connectivity index (χ0v) is 9.44. The number of benzene rings is 1. The van der Waals surface area contributed by atoms with Gasteiger partial charge in [-0.15, -0.1) is 6.58 Å². The van der Waals surface area contributed by atoms with Gasteiger partial charge in [0.25, 0.3) is 0 Å². The molecule has 0 fully saturated rings. The molecule has 1 aromatic carbocycles. The van der Waals surface area contributed by atoms with E-state index in [1.54, 1.807) is 0 Å². The van der Waals surface area contributed by atoms with Gasteiger partial charge < -0.3 is 9.84 Å². The van der Waals surface area contributed by atoms with Crippen molar-refractivity contribution in [1.82, 2.24) is 0 Å². The summed E-state index contributed by atoms with van der Waals surface area (Å²) in [6.07, 6.45) is 0.0911. The molecule has 90 valence electrons. The van der Waals surface area contributed by atoms with Crippen LogP contribution in [0.1, 0.15) is 5.56 Å². The molecule has 5 nitrogen and oxygen atoms in total. The molecule has 0 saturated heterocycles. The lowest BCUT2D eigenvalue weighted by molar-refractivity contribution is -0.0138. The van der Waals surface area contributed by atoms with E-state index >= 15 is 0 Å². The van der Waals surface area contributed by atoms with E-state index < -0.39 is 12.2 Å². The van der Waals surface area contributed by atoms with E-state index in [4.69, 9.17) is 10.3 Å². The molecule has 0 aromatic heterocycles. The summed E-state index contributed by atoms with van der Waals surface area (Å²) in [5.41, 5.74) is 9.17. The predicted molar refractivity (Wildman–Crippen MR) is 65.2 cm³/mol. The van der Waals surface area contributed by atoms with Crippen LogP contribution in [0.25, 0.3) is 10.4 Å². The molecule has 0 aliphatic heterocycles. The number of hydrogen-bond acceptors (Lipinski definition) is 3. The second-order valence-electron chi connectivity index (χ2n) is 3.48. The maximum absolute atomic E-state index is 9.66. The first-order valence-electron chi connectivity index (χ1n) is 5.25. The number of nitrogens with zero attached hydrogens (tertiary/aromatic N) is 3. The van der Waals surface area contributed by atoms with Crippen molar-refractivity contribution in [2.75, 3.05) is 6.54 Å². The molecular formula is C12H15N3O2. The molecule has 1 N–H and O–H groups in total. The summed E-state index contributed by atoms with van der Waals surface area (Å²) in [6.45, 7) is 3.94. The van der Waals surface area contributed by atoms with Crippen LogP contribution in [0.2, 0.25) is 0 Å². The van der Waals surface area contributed by atoms with Gasteiger partial charge in [0.2, 0.25) is 0 Å². The van der Waals surface area contributed by atoms with Crippen LogP contribution in [-0.2, 0) is 11.3 Å². The van der Waals surface area contributed by atoms with Gasteiger partial charge in [-0.25, -0.2) is 0 Å². The molecular weight excluding hydrogens is 218 g/mol. The molecule has 0 bridgehead atoms. The van der Waals surface area contributed by atoms with Gasteiger partial charge in [0, 0.05) is 4.91 Å². The van der Waals surface area contributed by atoms with Crippen LogP contribution in [0.3, 0.4) is 0 Å². The van der Waals surface area contributed by atoms with Crippen molar-refractivity contribution in [3.63, 3.8) is 0 Å². The first kappa shape index (κ1) is 13.3. The van der Waals surface area contributed by atoms with Crippen LogP contribution in [0.5, 0.6) is 0 Å². The van der Waals surface area contributed by atoms with Gasteiger partial charge in [-0.2, -0.15) is 0 Å². The minimum Gasteiger partial charge on any atom is -0.390 e. The third-order valence-electron chi connectivity index (χ3n) is 2.23. The lowest BCUT2D eigenvalue weighted by atomic mass is 10.2. The summed E-state index contributed by atoms with van der Waals surface area (Å²) in [7, 11) is 0. The van der Waals surface area contributed by atoms with Crippen molar-refractivity contribution in [3.05, 3.63) is 59.0 Å². The highest BCUT2D eigenvalue weighted by molar-refractivity contribution is 5.13. The average molecular weight is 233 g/mol. The maximum atomic E-state index is 9.66. The minimum atomic E-state index is -0.868. The first-order valence-corrected chi connectivity index (χ1v) is 5.25. The summed E-state index contributed by atoms with van der Waals surface area (Å²) in [4.78, 5) is 2.59.